The van der Waals surface area contributed by atoms with Gasteiger partial charge in [-0.1, -0.05) is 60.1 Å². The van der Waals surface area contributed by atoms with Crippen molar-refractivity contribution in [2.75, 3.05) is 19.8 Å². The summed E-state index contributed by atoms with van der Waals surface area (Å²) < 4.78 is 47.9. The van der Waals surface area contributed by atoms with Gasteiger partial charge >= 0.3 is 5.97 Å². The number of ether oxygens (including phenoxy) is 8. The van der Waals surface area contributed by atoms with Crippen molar-refractivity contribution < 1.29 is 109 Å². The predicted molar refractivity (Wildman–Crippen MR) is 261 cm³/mol. The molecule has 28 atom stereocenters. The van der Waals surface area contributed by atoms with Crippen LogP contribution < -0.4 is 0 Å². The first-order valence-corrected chi connectivity index (χ1v) is 27.7. The molecular formula is C54H88O22. The largest absolute Gasteiger partial charge is 0.432 e. The number of carbonyl (C=O) groups is 1. The van der Waals surface area contributed by atoms with E-state index in [0.29, 0.717) is 32.1 Å². The summed E-state index contributed by atoms with van der Waals surface area (Å²) in [5.41, 5.74) is -1.13. The van der Waals surface area contributed by atoms with Crippen LogP contribution in [0.2, 0.25) is 0 Å². The van der Waals surface area contributed by atoms with Crippen molar-refractivity contribution in [2.24, 2.45) is 50.2 Å². The molecule has 4 heterocycles. The first-order chi connectivity index (χ1) is 35.5. The van der Waals surface area contributed by atoms with Crippen LogP contribution in [0.1, 0.15) is 120 Å². The maximum Gasteiger partial charge on any atom is 0.315 e. The number of aliphatic hydroxyl groups excluding tert-OH is 13. The number of aliphatic hydroxyl groups is 13. The van der Waals surface area contributed by atoms with Gasteiger partial charge in [0.2, 0.25) is 6.29 Å². The highest BCUT2D eigenvalue weighted by Gasteiger charge is 2.70. The Morgan fingerprint density at radius 3 is 1.80 bits per heavy atom. The second-order valence-corrected chi connectivity index (χ2v) is 26.3. The lowest BCUT2D eigenvalue weighted by molar-refractivity contribution is -0.376. The molecule has 4 aliphatic heterocycles. The van der Waals surface area contributed by atoms with Gasteiger partial charge in [0.05, 0.1) is 37.4 Å². The first-order valence-electron chi connectivity index (χ1n) is 27.7. The van der Waals surface area contributed by atoms with E-state index in [4.69, 9.17) is 37.9 Å². The van der Waals surface area contributed by atoms with E-state index in [1.807, 2.05) is 0 Å². The molecule has 0 aromatic carbocycles. The quantitative estimate of drug-likeness (QED) is 0.0670. The molecule has 5 aliphatic carbocycles. The molecule has 22 heteroatoms. The summed E-state index contributed by atoms with van der Waals surface area (Å²) in [4.78, 5) is 15.1. The van der Waals surface area contributed by atoms with Gasteiger partial charge in [0.25, 0.3) is 0 Å². The van der Waals surface area contributed by atoms with Crippen LogP contribution in [0.15, 0.2) is 11.6 Å². The highest BCUT2D eigenvalue weighted by Crippen LogP contribution is 2.76. The van der Waals surface area contributed by atoms with Crippen LogP contribution in [-0.4, -0.2) is 221 Å². The molecule has 0 aromatic heterocycles. The fraction of sp³-hybridized carbons (Fsp3) is 0.944. The Hall–Kier alpha value is -1.59. The minimum atomic E-state index is -1.83. The summed E-state index contributed by atoms with van der Waals surface area (Å²) in [6, 6.07) is 0. The van der Waals surface area contributed by atoms with Crippen molar-refractivity contribution in [1.29, 1.82) is 0 Å². The van der Waals surface area contributed by atoms with Gasteiger partial charge in [-0.15, -0.1) is 0 Å². The summed E-state index contributed by atoms with van der Waals surface area (Å²) in [6.07, 6.45) is -21.9. The SMILES string of the molecule is C[C@@H]1O[C@@H](O[C@H]2[C@H](O[C@H]3CC[C@]4(C)[C@H]5CC=C6[C@@H]7CC(C)(C)CC[C@]7(C(=O)O[C@H]7O[C@@H](CO[C@H]8O[C@@H](CO)[C@H](O)[C@@H](O)[C@@H]8O)[C@H](O)[C@@H](O)[C@@H]7O)CC[C@@]6(C)[C@]5(C)CC[C@H]4C3(C)C)O[C@H](CO)[C@@H](O)[C@@H]2O)[C@H](O)[C@H](O)[C@H]1O. The number of hydrogen-bond donors (Lipinski definition) is 13. The molecule has 13 N–H and O–H groups in total. The Morgan fingerprint density at radius 2 is 1.14 bits per heavy atom. The monoisotopic (exact) mass is 1090 g/mol. The summed E-state index contributed by atoms with van der Waals surface area (Å²) >= 11 is 0. The van der Waals surface area contributed by atoms with Gasteiger partial charge in [0, 0.05) is 0 Å². The second-order valence-electron chi connectivity index (χ2n) is 26.3. The van der Waals surface area contributed by atoms with E-state index in [1.165, 1.54) is 12.5 Å². The fourth-order valence-electron chi connectivity index (χ4n) is 16.4. The third-order valence-electron chi connectivity index (χ3n) is 21.4. The minimum Gasteiger partial charge on any atom is -0.432 e. The number of hydrogen-bond acceptors (Lipinski definition) is 22. The minimum absolute atomic E-state index is 0.131. The number of esters is 1. The molecule has 4 saturated carbocycles. The topological polar surface area (TPSA) is 354 Å². The van der Waals surface area contributed by atoms with Crippen LogP contribution >= 0.6 is 0 Å². The van der Waals surface area contributed by atoms with Crippen LogP contribution in [0, 0.1) is 50.2 Å². The zero-order chi connectivity index (χ0) is 55.6. The lowest BCUT2D eigenvalue weighted by Gasteiger charge is -2.71. The summed E-state index contributed by atoms with van der Waals surface area (Å²) in [7, 11) is 0. The Bertz CT molecular complexity index is 2090. The van der Waals surface area contributed by atoms with Gasteiger partial charge in [-0.25, -0.2) is 0 Å². The summed E-state index contributed by atoms with van der Waals surface area (Å²) in [5.74, 6) is -0.449. The van der Waals surface area contributed by atoms with Gasteiger partial charge in [0.1, 0.15) is 91.6 Å². The Labute approximate surface area is 444 Å². The number of fused-ring (bicyclic) bond motifs is 7. The van der Waals surface area contributed by atoms with E-state index in [0.717, 1.165) is 32.1 Å². The zero-order valence-electron chi connectivity index (χ0n) is 45.1. The number of allylic oxidation sites excluding steroid dienone is 2. The molecule has 0 amide bonds. The smallest absolute Gasteiger partial charge is 0.315 e. The van der Waals surface area contributed by atoms with Crippen molar-refractivity contribution in [2.45, 2.75) is 249 Å². The van der Waals surface area contributed by atoms with Gasteiger partial charge in [0.15, 0.2) is 18.9 Å². The van der Waals surface area contributed by atoms with E-state index >= 15 is 4.79 Å². The average Bonchev–Trinajstić information content (AvgIpc) is 3.39. The normalized spacial score (nSPS) is 54.0. The molecule has 0 spiro atoms. The maximum atomic E-state index is 15.1. The van der Waals surface area contributed by atoms with Gasteiger partial charge in [-0.3, -0.25) is 4.79 Å². The summed E-state index contributed by atoms with van der Waals surface area (Å²) in [5, 5.41) is 138. The van der Waals surface area contributed by atoms with E-state index in [2.05, 4.69) is 54.5 Å². The van der Waals surface area contributed by atoms with Crippen molar-refractivity contribution in [3.8, 4) is 0 Å². The highest BCUT2D eigenvalue weighted by molar-refractivity contribution is 5.79. The van der Waals surface area contributed by atoms with E-state index in [9.17, 15) is 66.4 Å². The third kappa shape index (κ3) is 9.57. The average molecular weight is 1090 g/mol. The molecule has 4 saturated heterocycles. The molecule has 8 fully saturated rings. The Morgan fingerprint density at radius 1 is 0.579 bits per heavy atom. The van der Waals surface area contributed by atoms with E-state index < -0.39 is 166 Å². The fourth-order valence-corrected chi connectivity index (χ4v) is 16.4. The van der Waals surface area contributed by atoms with Crippen molar-refractivity contribution in [3.63, 3.8) is 0 Å². The standard InChI is InChI=1S/C54H88O22/c1-23-32(57)36(61)41(66)45(70-23)75-43-39(64)34(59)27(21-56)72-47(43)74-31-12-13-51(6)29(50(31,4)5)11-14-53(8)30(51)10-9-24-25-19-49(2,3)15-17-54(25,18-16-52(24,53)7)48(68)76-46-42(67)38(63)35(60)28(73-46)22-69-44-40(65)37(62)33(58)26(20-55)71-44/h9,23,25-47,55-67H,10-22H2,1-8H3/t23-,25-,26-,27+,28-,29-,30+,31-,32-,33-,34+,35-,36+,37+,38+,39-,40-,41+,42-,43+,44-,45-,46+,47-,51-,52+,53+,54-/m0/s1. The van der Waals surface area contributed by atoms with E-state index in [1.54, 1.807) is 0 Å². The molecule has 0 bridgehead atoms. The predicted octanol–water partition coefficient (Wildman–Crippen LogP) is -1.01. The molecule has 9 aliphatic rings. The molecular weight excluding hydrogens is 1000 g/mol. The lowest BCUT2D eigenvalue weighted by atomic mass is 9.33. The molecule has 436 valence electrons. The Kier molecular flexibility index (Phi) is 16.6. The molecule has 22 nitrogen and oxygen atoms in total. The zero-order valence-corrected chi connectivity index (χ0v) is 45.1. The van der Waals surface area contributed by atoms with E-state index in [-0.39, 0.29) is 39.4 Å². The first kappa shape index (κ1) is 59.0. The number of carbonyl (C=O) groups excluding carboxylic acids is 1. The summed E-state index contributed by atoms with van der Waals surface area (Å²) in [6.45, 7) is 15.6. The molecule has 76 heavy (non-hydrogen) atoms. The van der Waals surface area contributed by atoms with Crippen LogP contribution in [-0.2, 0) is 42.7 Å². The van der Waals surface area contributed by atoms with Gasteiger partial charge in [-0.05, 0) is 116 Å². The third-order valence-corrected chi connectivity index (χ3v) is 21.4. The van der Waals surface area contributed by atoms with Crippen LogP contribution in [0.25, 0.3) is 0 Å². The van der Waals surface area contributed by atoms with Crippen molar-refractivity contribution in [1.82, 2.24) is 0 Å². The highest BCUT2D eigenvalue weighted by atomic mass is 16.8. The van der Waals surface area contributed by atoms with Gasteiger partial charge in [-0.2, -0.15) is 0 Å². The number of rotatable bonds is 11. The van der Waals surface area contributed by atoms with Crippen molar-refractivity contribution in [3.05, 3.63) is 11.6 Å². The second kappa shape index (κ2) is 21.3. The lowest BCUT2D eigenvalue weighted by Crippen LogP contribution is -2.67. The van der Waals surface area contributed by atoms with Crippen molar-refractivity contribution >= 4 is 5.97 Å². The molecule has 9 rings (SSSR count). The Balaban J connectivity index is 0.930. The van der Waals surface area contributed by atoms with Crippen LogP contribution in [0.3, 0.4) is 0 Å². The van der Waals surface area contributed by atoms with Crippen LogP contribution in [0.5, 0.6) is 0 Å². The maximum absolute atomic E-state index is 15.1. The van der Waals surface area contributed by atoms with Crippen LogP contribution in [0.4, 0.5) is 0 Å². The van der Waals surface area contributed by atoms with Gasteiger partial charge < -0.3 is 104 Å². The molecule has 0 unspecified atom stereocenters. The molecule has 0 aromatic rings. The molecule has 0 radical (unpaired) electrons.